The van der Waals surface area contributed by atoms with Crippen LogP contribution in [-0.4, -0.2) is 72.4 Å². The molecule has 0 aliphatic carbocycles. The Morgan fingerprint density at radius 2 is 1.86 bits per heavy atom. The fourth-order valence-electron chi connectivity index (χ4n) is 3.30. The largest absolute Gasteiger partial charge is 0.370 e. The summed E-state index contributed by atoms with van der Waals surface area (Å²) >= 11 is 0. The second-order valence-electron chi connectivity index (χ2n) is 7.08. The third-order valence-corrected chi connectivity index (χ3v) is 4.95. The second-order valence-corrected chi connectivity index (χ2v) is 7.08. The van der Waals surface area contributed by atoms with Gasteiger partial charge in [-0.1, -0.05) is 0 Å². The lowest BCUT2D eigenvalue weighted by Gasteiger charge is -2.36. The maximum Gasteiger partial charge on any atom is 0.191 e. The smallest absolute Gasteiger partial charge is 0.191 e. The lowest BCUT2D eigenvalue weighted by atomic mass is 10.1. The van der Waals surface area contributed by atoms with E-state index in [0.29, 0.717) is 12.5 Å². The van der Waals surface area contributed by atoms with Crippen LogP contribution in [0.3, 0.4) is 0 Å². The molecule has 1 fully saturated rings. The zero-order chi connectivity index (χ0) is 19.4. The van der Waals surface area contributed by atoms with Crippen LogP contribution in [0.2, 0.25) is 0 Å². The van der Waals surface area contributed by atoms with Gasteiger partial charge in [0.05, 0.1) is 18.8 Å². The monoisotopic (exact) mass is 501 g/mol. The first kappa shape index (κ1) is 22.4. The molecule has 1 aromatic carbocycles. The van der Waals surface area contributed by atoms with Crippen LogP contribution in [0, 0.1) is 5.82 Å². The van der Waals surface area contributed by atoms with Gasteiger partial charge >= 0.3 is 0 Å². The van der Waals surface area contributed by atoms with Crippen molar-refractivity contribution in [3.8, 4) is 0 Å². The van der Waals surface area contributed by atoms with Crippen molar-refractivity contribution in [3.63, 3.8) is 0 Å². The van der Waals surface area contributed by atoms with Gasteiger partial charge in [0.25, 0.3) is 0 Å². The van der Waals surface area contributed by atoms with Crippen LogP contribution in [0.4, 0.5) is 10.1 Å². The number of benzene rings is 1. The highest BCUT2D eigenvalue weighted by molar-refractivity contribution is 14.0. The molecular weight excluding hydrogens is 472 g/mol. The van der Waals surface area contributed by atoms with E-state index >= 15 is 0 Å². The van der Waals surface area contributed by atoms with Crippen molar-refractivity contribution in [2.45, 2.75) is 6.04 Å². The first-order valence-corrected chi connectivity index (χ1v) is 9.14. The molecular formula is C19H29FIN7. The van der Waals surface area contributed by atoms with Crippen molar-refractivity contribution in [3.05, 3.63) is 48.0 Å². The molecule has 1 unspecified atom stereocenters. The zero-order valence-corrected chi connectivity index (χ0v) is 19.0. The second kappa shape index (κ2) is 10.1. The van der Waals surface area contributed by atoms with E-state index in [2.05, 4.69) is 24.8 Å². The number of hydrogen-bond acceptors (Lipinski definition) is 4. The van der Waals surface area contributed by atoms with Crippen molar-refractivity contribution in [1.29, 1.82) is 0 Å². The van der Waals surface area contributed by atoms with Crippen molar-refractivity contribution in [1.82, 2.24) is 19.6 Å². The van der Waals surface area contributed by atoms with E-state index in [1.54, 1.807) is 4.68 Å². The Bertz CT molecular complexity index is 767. The van der Waals surface area contributed by atoms with E-state index in [4.69, 9.17) is 5.73 Å². The van der Waals surface area contributed by atoms with Crippen molar-refractivity contribution in [2.75, 3.05) is 51.7 Å². The molecule has 0 radical (unpaired) electrons. The average molecular weight is 501 g/mol. The lowest BCUT2D eigenvalue weighted by Crippen LogP contribution is -2.51. The third kappa shape index (κ3) is 5.57. The summed E-state index contributed by atoms with van der Waals surface area (Å²) in [5.41, 5.74) is 8.42. The van der Waals surface area contributed by atoms with E-state index in [1.165, 1.54) is 12.1 Å². The van der Waals surface area contributed by atoms with Crippen LogP contribution < -0.4 is 10.6 Å². The van der Waals surface area contributed by atoms with Crippen molar-refractivity contribution in [2.24, 2.45) is 17.8 Å². The molecule has 1 saturated heterocycles. The molecule has 9 heteroatoms. The molecule has 0 saturated carbocycles. The van der Waals surface area contributed by atoms with E-state index in [-0.39, 0.29) is 35.8 Å². The number of piperazine rings is 1. The van der Waals surface area contributed by atoms with E-state index < -0.39 is 0 Å². The number of hydrogen-bond donors (Lipinski definition) is 1. The highest BCUT2D eigenvalue weighted by atomic mass is 127. The summed E-state index contributed by atoms with van der Waals surface area (Å²) in [7, 11) is 5.98. The maximum absolute atomic E-state index is 13.1. The minimum absolute atomic E-state index is 0. The van der Waals surface area contributed by atoms with Crippen LogP contribution in [0.25, 0.3) is 0 Å². The van der Waals surface area contributed by atoms with Gasteiger partial charge in [-0.3, -0.25) is 9.67 Å². The van der Waals surface area contributed by atoms with Crippen LogP contribution >= 0.6 is 24.0 Å². The van der Waals surface area contributed by atoms with Crippen LogP contribution in [0.1, 0.15) is 11.6 Å². The summed E-state index contributed by atoms with van der Waals surface area (Å²) in [6.07, 6.45) is 3.88. The van der Waals surface area contributed by atoms with Crippen molar-refractivity contribution >= 4 is 35.6 Å². The maximum atomic E-state index is 13.1. The Morgan fingerprint density at radius 3 is 2.39 bits per heavy atom. The molecule has 7 nitrogen and oxygen atoms in total. The number of halogens is 2. The number of aromatic nitrogens is 2. The van der Waals surface area contributed by atoms with E-state index in [1.807, 2.05) is 45.7 Å². The summed E-state index contributed by atoms with van der Waals surface area (Å²) in [5.74, 6) is 0.363. The quantitative estimate of drug-likeness (QED) is 0.386. The molecule has 0 bridgehead atoms. The van der Waals surface area contributed by atoms with Crippen LogP contribution in [0.5, 0.6) is 0 Å². The van der Waals surface area contributed by atoms with E-state index in [0.717, 1.165) is 37.4 Å². The summed E-state index contributed by atoms with van der Waals surface area (Å²) in [4.78, 5) is 11.1. The number of nitrogens with two attached hydrogens (primary N) is 1. The molecule has 2 heterocycles. The fraction of sp³-hybridized carbons (Fsp3) is 0.474. The van der Waals surface area contributed by atoms with Gasteiger partial charge in [-0.05, 0) is 38.4 Å². The molecule has 154 valence electrons. The van der Waals surface area contributed by atoms with Gasteiger partial charge in [0.1, 0.15) is 5.82 Å². The van der Waals surface area contributed by atoms with Gasteiger partial charge in [-0.25, -0.2) is 4.39 Å². The molecule has 1 aromatic heterocycles. The number of guanidine groups is 1. The molecule has 3 rings (SSSR count). The number of anilines is 1. The summed E-state index contributed by atoms with van der Waals surface area (Å²) < 4.78 is 14.9. The predicted octanol–water partition coefficient (Wildman–Crippen LogP) is 1.92. The Kier molecular flexibility index (Phi) is 8.05. The molecule has 2 N–H and O–H groups in total. The number of nitrogens with zero attached hydrogens (tertiary/aromatic N) is 6. The molecule has 1 atom stereocenters. The molecule has 28 heavy (non-hydrogen) atoms. The van der Waals surface area contributed by atoms with Crippen LogP contribution in [-0.2, 0) is 7.05 Å². The Balaban J connectivity index is 0.00000280. The number of rotatable bonds is 5. The molecule has 2 aromatic rings. The summed E-state index contributed by atoms with van der Waals surface area (Å²) in [6.45, 7) is 3.85. The topological polar surface area (TPSA) is 65.9 Å². The average Bonchev–Trinajstić information content (AvgIpc) is 3.08. The molecule has 0 spiro atoms. The lowest BCUT2D eigenvalue weighted by molar-refractivity contribution is 0.304. The first-order valence-electron chi connectivity index (χ1n) is 9.14. The van der Waals surface area contributed by atoms with Gasteiger partial charge in [-0.2, -0.15) is 5.10 Å². The Labute approximate surface area is 183 Å². The van der Waals surface area contributed by atoms with E-state index in [9.17, 15) is 4.39 Å². The zero-order valence-electron chi connectivity index (χ0n) is 16.6. The fourth-order valence-corrected chi connectivity index (χ4v) is 3.30. The number of aryl methyl sites for hydroxylation is 1. The third-order valence-electron chi connectivity index (χ3n) is 4.95. The minimum atomic E-state index is -0.210. The molecule has 1 aliphatic rings. The Hall–Kier alpha value is -1.88. The molecule has 1 aliphatic heterocycles. The SMILES string of the molecule is CN(C)C(CN=C(N)N1CCN(c2ccc(F)cc2)CC1)c1cnn(C)c1.I. The van der Waals surface area contributed by atoms with Crippen LogP contribution in [0.15, 0.2) is 41.7 Å². The van der Waals surface area contributed by atoms with Crippen molar-refractivity contribution < 1.29 is 4.39 Å². The van der Waals surface area contributed by atoms with Gasteiger partial charge in [-0.15, -0.1) is 24.0 Å². The summed E-state index contributed by atoms with van der Waals surface area (Å²) in [5, 5.41) is 4.25. The highest BCUT2D eigenvalue weighted by Crippen LogP contribution is 2.19. The first-order chi connectivity index (χ1) is 12.9. The predicted molar refractivity (Wildman–Crippen MR) is 122 cm³/mol. The van der Waals surface area contributed by atoms with Gasteiger partial charge in [0.2, 0.25) is 0 Å². The van der Waals surface area contributed by atoms with Gasteiger partial charge < -0.3 is 20.4 Å². The number of likely N-dealkylation sites (N-methyl/N-ethyl adjacent to an activating group) is 1. The van der Waals surface area contributed by atoms with Gasteiger partial charge in [0, 0.05) is 50.7 Å². The molecule has 0 amide bonds. The van der Waals surface area contributed by atoms with Gasteiger partial charge in [0.15, 0.2) is 5.96 Å². The highest BCUT2D eigenvalue weighted by Gasteiger charge is 2.20. The minimum Gasteiger partial charge on any atom is -0.370 e. The standard InChI is InChI=1S/C19H28FN7.HI/c1-24(2)18(15-12-23-25(3)14-15)13-22-19(21)27-10-8-26(9-11-27)17-6-4-16(20)5-7-17;/h4-7,12,14,18H,8-11,13H2,1-3H3,(H2,21,22);1H. The Morgan fingerprint density at radius 1 is 1.21 bits per heavy atom. The number of aliphatic imine (C=N–C) groups is 1. The normalized spacial score (nSPS) is 16.2. The summed E-state index contributed by atoms with van der Waals surface area (Å²) in [6, 6.07) is 6.77.